The van der Waals surface area contributed by atoms with E-state index in [2.05, 4.69) is 5.32 Å². The monoisotopic (exact) mass is 329 g/mol. The molecule has 0 heterocycles. The summed E-state index contributed by atoms with van der Waals surface area (Å²) < 4.78 is 15.4. The van der Waals surface area contributed by atoms with Crippen molar-refractivity contribution in [2.24, 2.45) is 0 Å². The number of hydrogen-bond donors (Lipinski definition) is 1. The lowest BCUT2D eigenvalue weighted by Crippen LogP contribution is -2.21. The van der Waals surface area contributed by atoms with Crippen LogP contribution in [0, 0.1) is 6.92 Å². The lowest BCUT2D eigenvalue weighted by Gasteiger charge is -2.12. The molecule has 24 heavy (non-hydrogen) atoms. The molecule has 0 bridgehead atoms. The minimum atomic E-state index is -0.691. The summed E-state index contributed by atoms with van der Waals surface area (Å²) in [5.41, 5.74) is 1.74. The maximum Gasteiger partial charge on any atom is 0.346 e. The number of carbonyl (C=O) groups excluding carboxylic acids is 2. The highest BCUT2D eigenvalue weighted by Gasteiger charge is 2.20. The Kier molecular flexibility index (Phi) is 5.78. The molecule has 6 heteroatoms. The summed E-state index contributed by atoms with van der Waals surface area (Å²) >= 11 is 0. The predicted molar refractivity (Wildman–Crippen MR) is 89.6 cm³/mol. The summed E-state index contributed by atoms with van der Waals surface area (Å²) in [5.74, 6) is -0.479. The van der Waals surface area contributed by atoms with Crippen molar-refractivity contribution in [3.8, 4) is 11.5 Å². The zero-order valence-electron chi connectivity index (χ0n) is 13.8. The maximum absolute atomic E-state index is 12.3. The molecule has 0 aliphatic carbocycles. The van der Waals surface area contributed by atoms with Crippen LogP contribution in [-0.2, 0) is 9.53 Å². The number of amides is 1. The van der Waals surface area contributed by atoms with Gasteiger partial charge in [0.1, 0.15) is 17.1 Å². The first-order valence-electron chi connectivity index (χ1n) is 7.30. The number of nitrogens with one attached hydrogen (secondary N) is 1. The van der Waals surface area contributed by atoms with E-state index in [0.717, 1.165) is 5.56 Å². The molecule has 0 unspecified atom stereocenters. The average molecular weight is 329 g/mol. The number of hydrogen-bond acceptors (Lipinski definition) is 5. The topological polar surface area (TPSA) is 73.9 Å². The van der Waals surface area contributed by atoms with Gasteiger partial charge in [-0.1, -0.05) is 24.3 Å². The van der Waals surface area contributed by atoms with E-state index in [-0.39, 0.29) is 5.56 Å². The van der Waals surface area contributed by atoms with Crippen LogP contribution in [0.3, 0.4) is 0 Å². The Labute approximate surface area is 140 Å². The fourth-order valence-corrected chi connectivity index (χ4v) is 2.16. The van der Waals surface area contributed by atoms with E-state index >= 15 is 0 Å². The summed E-state index contributed by atoms with van der Waals surface area (Å²) in [6.45, 7) is 1.47. The number of benzene rings is 2. The van der Waals surface area contributed by atoms with E-state index in [0.29, 0.717) is 17.2 Å². The van der Waals surface area contributed by atoms with Crippen LogP contribution in [0.5, 0.6) is 11.5 Å². The van der Waals surface area contributed by atoms with E-state index in [1.807, 2.05) is 25.1 Å². The Morgan fingerprint density at radius 2 is 1.58 bits per heavy atom. The van der Waals surface area contributed by atoms with Gasteiger partial charge >= 0.3 is 5.97 Å². The lowest BCUT2D eigenvalue weighted by atomic mass is 10.2. The summed E-state index contributed by atoms with van der Waals surface area (Å²) in [5, 5.41) is 2.70. The minimum absolute atomic E-state index is 0.145. The van der Waals surface area contributed by atoms with Crippen molar-refractivity contribution in [3.05, 3.63) is 53.6 Å². The van der Waals surface area contributed by atoms with Crippen molar-refractivity contribution < 1.29 is 23.8 Å². The van der Waals surface area contributed by atoms with Gasteiger partial charge in [0.15, 0.2) is 6.61 Å². The standard InChI is InChI=1S/C18H19NO5/c1-12-7-4-5-8-13(12)19-16(20)11-24-18(21)17-14(22-2)9-6-10-15(17)23-3/h4-10H,11H2,1-3H3,(H,19,20). The second-order valence-electron chi connectivity index (χ2n) is 4.98. The van der Waals surface area contributed by atoms with Gasteiger partial charge in [0.25, 0.3) is 5.91 Å². The quantitative estimate of drug-likeness (QED) is 0.825. The first-order valence-corrected chi connectivity index (χ1v) is 7.30. The van der Waals surface area contributed by atoms with Crippen LogP contribution < -0.4 is 14.8 Å². The number of ether oxygens (including phenoxy) is 3. The number of aryl methyl sites for hydroxylation is 1. The fraction of sp³-hybridized carbons (Fsp3) is 0.222. The van der Waals surface area contributed by atoms with Gasteiger partial charge in [-0.25, -0.2) is 4.79 Å². The van der Waals surface area contributed by atoms with Gasteiger partial charge in [-0.3, -0.25) is 4.79 Å². The van der Waals surface area contributed by atoms with Gasteiger partial charge in [0, 0.05) is 5.69 Å². The number of rotatable bonds is 6. The van der Waals surface area contributed by atoms with Crippen LogP contribution >= 0.6 is 0 Å². The molecule has 0 fully saturated rings. The van der Waals surface area contributed by atoms with E-state index in [1.54, 1.807) is 24.3 Å². The zero-order valence-corrected chi connectivity index (χ0v) is 13.8. The van der Waals surface area contributed by atoms with Crippen molar-refractivity contribution in [2.75, 3.05) is 26.1 Å². The van der Waals surface area contributed by atoms with Crippen molar-refractivity contribution in [2.45, 2.75) is 6.92 Å². The van der Waals surface area contributed by atoms with Crippen LogP contribution in [0.2, 0.25) is 0 Å². The summed E-state index contributed by atoms with van der Waals surface area (Å²) in [6.07, 6.45) is 0. The van der Waals surface area contributed by atoms with Gasteiger partial charge < -0.3 is 19.5 Å². The van der Waals surface area contributed by atoms with Crippen LogP contribution in [0.1, 0.15) is 15.9 Å². The molecule has 6 nitrogen and oxygen atoms in total. The van der Waals surface area contributed by atoms with E-state index < -0.39 is 18.5 Å². The molecule has 2 aromatic rings. The van der Waals surface area contributed by atoms with Crippen molar-refractivity contribution in [1.82, 2.24) is 0 Å². The molecule has 0 saturated carbocycles. The predicted octanol–water partition coefficient (Wildman–Crippen LogP) is 2.81. The van der Waals surface area contributed by atoms with Crippen molar-refractivity contribution >= 4 is 17.6 Å². The molecule has 2 rings (SSSR count). The number of methoxy groups -OCH3 is 2. The third-order valence-corrected chi connectivity index (χ3v) is 3.39. The zero-order chi connectivity index (χ0) is 17.5. The van der Waals surface area contributed by atoms with E-state index in [9.17, 15) is 9.59 Å². The average Bonchev–Trinajstić information content (AvgIpc) is 2.60. The first-order chi connectivity index (χ1) is 11.6. The van der Waals surface area contributed by atoms with Crippen molar-refractivity contribution in [3.63, 3.8) is 0 Å². The number of carbonyl (C=O) groups is 2. The largest absolute Gasteiger partial charge is 0.496 e. The molecule has 0 saturated heterocycles. The van der Waals surface area contributed by atoms with Gasteiger partial charge in [0.05, 0.1) is 14.2 Å². The van der Waals surface area contributed by atoms with Crippen molar-refractivity contribution in [1.29, 1.82) is 0 Å². The normalized spacial score (nSPS) is 9.96. The number of anilines is 1. The molecule has 0 radical (unpaired) electrons. The molecule has 0 spiro atoms. The third-order valence-electron chi connectivity index (χ3n) is 3.39. The number of para-hydroxylation sites is 1. The Balaban J connectivity index is 2.03. The van der Waals surface area contributed by atoms with Gasteiger partial charge in [-0.05, 0) is 30.7 Å². The molecule has 0 aromatic heterocycles. The second kappa shape index (κ2) is 8.01. The molecule has 2 aromatic carbocycles. The molecule has 126 valence electrons. The van der Waals surface area contributed by atoms with E-state index in [1.165, 1.54) is 14.2 Å². The highest BCUT2D eigenvalue weighted by atomic mass is 16.5. The SMILES string of the molecule is COc1cccc(OC)c1C(=O)OCC(=O)Nc1ccccc1C. The lowest BCUT2D eigenvalue weighted by molar-refractivity contribution is -0.119. The first kappa shape index (κ1) is 17.3. The number of esters is 1. The van der Waals surface area contributed by atoms with Crippen LogP contribution in [-0.4, -0.2) is 32.7 Å². The fourth-order valence-electron chi connectivity index (χ4n) is 2.16. The Bertz CT molecular complexity index is 720. The molecule has 1 N–H and O–H groups in total. The Morgan fingerprint density at radius 1 is 0.958 bits per heavy atom. The van der Waals surface area contributed by atoms with Crippen LogP contribution in [0.25, 0.3) is 0 Å². The maximum atomic E-state index is 12.3. The third kappa shape index (κ3) is 4.04. The smallest absolute Gasteiger partial charge is 0.346 e. The Hall–Kier alpha value is -3.02. The van der Waals surface area contributed by atoms with Crippen LogP contribution in [0.15, 0.2) is 42.5 Å². The van der Waals surface area contributed by atoms with Gasteiger partial charge in [-0.2, -0.15) is 0 Å². The van der Waals surface area contributed by atoms with Gasteiger partial charge in [-0.15, -0.1) is 0 Å². The minimum Gasteiger partial charge on any atom is -0.496 e. The Morgan fingerprint density at radius 3 is 2.17 bits per heavy atom. The highest BCUT2D eigenvalue weighted by Crippen LogP contribution is 2.28. The molecule has 0 atom stereocenters. The van der Waals surface area contributed by atoms with Gasteiger partial charge in [0.2, 0.25) is 0 Å². The van der Waals surface area contributed by atoms with E-state index in [4.69, 9.17) is 14.2 Å². The molecule has 1 amide bonds. The molecule has 0 aliphatic heterocycles. The molecular formula is C18H19NO5. The second-order valence-corrected chi connectivity index (χ2v) is 4.98. The van der Waals surface area contributed by atoms with Crippen LogP contribution in [0.4, 0.5) is 5.69 Å². The molecule has 0 aliphatic rings. The summed E-state index contributed by atoms with van der Waals surface area (Å²) in [7, 11) is 2.88. The highest BCUT2D eigenvalue weighted by molar-refractivity contribution is 5.98. The summed E-state index contributed by atoms with van der Waals surface area (Å²) in [4.78, 5) is 24.2. The summed E-state index contributed by atoms with van der Waals surface area (Å²) in [6, 6.07) is 12.3. The molecular weight excluding hydrogens is 310 g/mol.